The molecule has 5 heteroatoms. The van der Waals surface area contributed by atoms with Gasteiger partial charge in [0.15, 0.2) is 0 Å². The summed E-state index contributed by atoms with van der Waals surface area (Å²) < 4.78 is 49.3. The number of thioether (sulfide) groups is 1. The second-order valence-corrected chi connectivity index (χ2v) is 3.48. The number of alkyl halides is 4. The molecule has 0 nitrogen and oxygen atoms in total. The third-order valence-corrected chi connectivity index (χ3v) is 2.30. The van der Waals surface area contributed by atoms with Crippen LogP contribution in [0.25, 0.3) is 0 Å². The Labute approximate surface area is 67.3 Å². The molecule has 68 valence electrons. The van der Waals surface area contributed by atoms with E-state index in [1.165, 1.54) is 13.8 Å². The van der Waals surface area contributed by atoms with E-state index in [1.807, 2.05) is 0 Å². The van der Waals surface area contributed by atoms with Gasteiger partial charge in [-0.2, -0.15) is 17.6 Å². The molecule has 0 saturated heterocycles. The minimum atomic E-state index is -3.31. The lowest BCUT2D eigenvalue weighted by Gasteiger charge is -2.19. The molecule has 0 amide bonds. The standard InChI is InChI=1S/C6H10F4S/c1-3-5(7,8)11-6(9,10)4-2/h3-4H2,1-2H3. The van der Waals surface area contributed by atoms with Crippen LogP contribution < -0.4 is 0 Å². The number of hydrogen-bond donors (Lipinski definition) is 0. The van der Waals surface area contributed by atoms with Gasteiger partial charge in [0, 0.05) is 12.8 Å². The maximum absolute atomic E-state index is 12.3. The molecule has 0 N–H and O–H groups in total. The molecule has 0 aliphatic carbocycles. The quantitative estimate of drug-likeness (QED) is 0.609. The van der Waals surface area contributed by atoms with E-state index in [-0.39, 0.29) is 0 Å². The van der Waals surface area contributed by atoms with Gasteiger partial charge in [0.1, 0.15) is 0 Å². The second kappa shape index (κ2) is 3.65. The Balaban J connectivity index is 4.02. The lowest BCUT2D eigenvalue weighted by atomic mass is 10.5. The van der Waals surface area contributed by atoms with Crippen LogP contribution in [0.5, 0.6) is 0 Å². The highest BCUT2D eigenvalue weighted by molar-refractivity contribution is 8.01. The van der Waals surface area contributed by atoms with Gasteiger partial charge >= 0.3 is 0 Å². The molecular formula is C6H10F4S. The lowest BCUT2D eigenvalue weighted by Crippen LogP contribution is -2.19. The van der Waals surface area contributed by atoms with Gasteiger partial charge in [-0.25, -0.2) is 0 Å². The van der Waals surface area contributed by atoms with Crippen molar-refractivity contribution in [1.82, 2.24) is 0 Å². The summed E-state index contributed by atoms with van der Waals surface area (Å²) in [5.41, 5.74) is 0. The van der Waals surface area contributed by atoms with Gasteiger partial charge in [-0.1, -0.05) is 13.8 Å². The first-order valence-corrected chi connectivity index (χ1v) is 4.10. The van der Waals surface area contributed by atoms with Gasteiger partial charge in [-0.15, -0.1) is 0 Å². The summed E-state index contributed by atoms with van der Waals surface area (Å²) in [7, 11) is 0. The van der Waals surface area contributed by atoms with Crippen LogP contribution in [-0.4, -0.2) is 10.5 Å². The first-order valence-electron chi connectivity index (χ1n) is 3.29. The van der Waals surface area contributed by atoms with Crippen LogP contribution >= 0.6 is 11.8 Å². The normalized spacial score (nSPS) is 13.6. The number of hydrogen-bond acceptors (Lipinski definition) is 1. The van der Waals surface area contributed by atoms with Crippen LogP contribution in [-0.2, 0) is 0 Å². The van der Waals surface area contributed by atoms with Gasteiger partial charge in [0.05, 0.1) is 0 Å². The van der Waals surface area contributed by atoms with Crippen LogP contribution in [0.4, 0.5) is 17.6 Å². The van der Waals surface area contributed by atoms with Gasteiger partial charge in [0.25, 0.3) is 10.5 Å². The van der Waals surface area contributed by atoms with Crippen molar-refractivity contribution in [3.05, 3.63) is 0 Å². The molecule has 0 aromatic rings. The Morgan fingerprint density at radius 1 is 0.909 bits per heavy atom. The van der Waals surface area contributed by atoms with Crippen molar-refractivity contribution in [2.24, 2.45) is 0 Å². The third-order valence-electron chi connectivity index (χ3n) is 1.12. The van der Waals surface area contributed by atoms with Crippen molar-refractivity contribution >= 4 is 11.8 Å². The Bertz CT molecular complexity index is 110. The molecule has 0 saturated carbocycles. The molecule has 0 heterocycles. The zero-order valence-corrected chi connectivity index (χ0v) is 7.15. The molecule has 0 fully saturated rings. The van der Waals surface area contributed by atoms with E-state index in [1.54, 1.807) is 0 Å². The predicted molar refractivity (Wildman–Crippen MR) is 38.1 cm³/mol. The smallest absolute Gasteiger partial charge is 0.194 e. The summed E-state index contributed by atoms with van der Waals surface area (Å²) in [5, 5.41) is -6.61. The van der Waals surface area contributed by atoms with Crippen molar-refractivity contribution in [2.75, 3.05) is 0 Å². The Hall–Kier alpha value is 0.0700. The van der Waals surface area contributed by atoms with Crippen molar-refractivity contribution < 1.29 is 17.6 Å². The average molecular weight is 190 g/mol. The van der Waals surface area contributed by atoms with E-state index in [0.717, 1.165) is 0 Å². The number of rotatable bonds is 4. The maximum atomic E-state index is 12.3. The van der Waals surface area contributed by atoms with Crippen LogP contribution in [0.3, 0.4) is 0 Å². The molecule has 0 aliphatic rings. The van der Waals surface area contributed by atoms with Crippen molar-refractivity contribution in [1.29, 1.82) is 0 Å². The minimum Gasteiger partial charge on any atom is -0.194 e. The first-order chi connectivity index (χ1) is 4.83. The Morgan fingerprint density at radius 3 is 1.36 bits per heavy atom. The highest BCUT2D eigenvalue weighted by Crippen LogP contribution is 2.45. The lowest BCUT2D eigenvalue weighted by molar-refractivity contribution is 0.0636. The molecule has 11 heavy (non-hydrogen) atoms. The Morgan fingerprint density at radius 2 is 1.18 bits per heavy atom. The topological polar surface area (TPSA) is 0 Å². The molecule has 0 aliphatic heterocycles. The molecule has 0 atom stereocenters. The number of halogens is 4. The SMILES string of the molecule is CCC(F)(F)SC(F)(F)CC. The first kappa shape index (κ1) is 11.1. The molecule has 0 rings (SSSR count). The van der Waals surface area contributed by atoms with Crippen LogP contribution in [0.15, 0.2) is 0 Å². The predicted octanol–water partition coefficient (Wildman–Crippen LogP) is 3.73. The van der Waals surface area contributed by atoms with Crippen molar-refractivity contribution in [2.45, 2.75) is 37.2 Å². The van der Waals surface area contributed by atoms with Crippen molar-refractivity contribution in [3.8, 4) is 0 Å². The largest absolute Gasteiger partial charge is 0.298 e. The van der Waals surface area contributed by atoms with Crippen LogP contribution in [0.2, 0.25) is 0 Å². The van der Waals surface area contributed by atoms with E-state index in [0.29, 0.717) is 0 Å². The van der Waals surface area contributed by atoms with Gasteiger partial charge in [-0.3, -0.25) is 0 Å². The summed E-state index contributed by atoms with van der Waals surface area (Å²) in [4.78, 5) is 0. The van der Waals surface area contributed by atoms with Gasteiger partial charge < -0.3 is 0 Å². The zero-order valence-electron chi connectivity index (χ0n) is 6.33. The van der Waals surface area contributed by atoms with E-state index in [4.69, 9.17) is 0 Å². The molecule has 0 bridgehead atoms. The summed E-state index contributed by atoms with van der Waals surface area (Å²) in [6, 6.07) is 0. The molecule has 0 spiro atoms. The van der Waals surface area contributed by atoms with Crippen LogP contribution in [0, 0.1) is 0 Å². The monoisotopic (exact) mass is 190 g/mol. The maximum Gasteiger partial charge on any atom is 0.298 e. The van der Waals surface area contributed by atoms with E-state index < -0.39 is 35.1 Å². The second-order valence-electron chi connectivity index (χ2n) is 2.08. The van der Waals surface area contributed by atoms with Gasteiger partial charge in [0.2, 0.25) is 0 Å². The minimum absolute atomic E-state index is 0.562. The summed E-state index contributed by atoms with van der Waals surface area (Å²) in [5.74, 6) is 0. The Kier molecular flexibility index (Phi) is 3.67. The van der Waals surface area contributed by atoms with Gasteiger partial charge in [-0.05, 0) is 11.8 Å². The van der Waals surface area contributed by atoms with E-state index >= 15 is 0 Å². The third kappa shape index (κ3) is 4.50. The fraction of sp³-hybridized carbons (Fsp3) is 1.00. The summed E-state index contributed by atoms with van der Waals surface area (Å²) in [6.07, 6.45) is -1.12. The van der Waals surface area contributed by atoms with Crippen LogP contribution in [0.1, 0.15) is 26.7 Å². The van der Waals surface area contributed by atoms with Crippen molar-refractivity contribution in [3.63, 3.8) is 0 Å². The zero-order chi connectivity index (χ0) is 9.12. The summed E-state index contributed by atoms with van der Waals surface area (Å²) >= 11 is -0.563. The summed E-state index contributed by atoms with van der Waals surface area (Å²) in [6.45, 7) is 2.36. The fourth-order valence-corrected chi connectivity index (χ4v) is 1.09. The molecular weight excluding hydrogens is 180 g/mol. The molecule has 0 unspecified atom stereocenters. The molecule has 0 aromatic heterocycles. The molecule has 0 aromatic carbocycles. The fourth-order valence-electron chi connectivity index (χ4n) is 0.363. The average Bonchev–Trinajstić information content (AvgIpc) is 1.86. The van der Waals surface area contributed by atoms with E-state index in [9.17, 15) is 17.6 Å². The molecule has 0 radical (unpaired) electrons. The highest BCUT2D eigenvalue weighted by atomic mass is 32.2. The van der Waals surface area contributed by atoms with E-state index in [2.05, 4.69) is 0 Å². The highest BCUT2D eigenvalue weighted by Gasteiger charge is 2.41.